The fourth-order valence-corrected chi connectivity index (χ4v) is 2.50. The number of halogens is 3. The zero-order valence-corrected chi connectivity index (χ0v) is 12.1. The lowest BCUT2D eigenvalue weighted by Crippen LogP contribution is -2.25. The van der Waals surface area contributed by atoms with Gasteiger partial charge in [-0.3, -0.25) is 9.59 Å². The molecule has 0 aliphatic heterocycles. The molecular weight excluding hydrogens is 323 g/mol. The summed E-state index contributed by atoms with van der Waals surface area (Å²) in [5.74, 6) is -1.37. The molecule has 0 bridgehead atoms. The van der Waals surface area contributed by atoms with Gasteiger partial charge in [0.05, 0.1) is 11.3 Å². The zero-order valence-electron chi connectivity index (χ0n) is 12.1. The van der Waals surface area contributed by atoms with Crippen LogP contribution in [0.15, 0.2) is 54.2 Å². The molecule has 0 saturated carbocycles. The summed E-state index contributed by atoms with van der Waals surface area (Å²) in [5, 5.41) is 0. The summed E-state index contributed by atoms with van der Waals surface area (Å²) < 4.78 is 40.3. The number of ether oxygens (including phenoxy) is 1. The second kappa shape index (κ2) is 5.52. The summed E-state index contributed by atoms with van der Waals surface area (Å²) in [6.45, 7) is 0. The van der Waals surface area contributed by atoms with Crippen molar-refractivity contribution in [2.75, 3.05) is 0 Å². The first-order chi connectivity index (χ1) is 11.3. The van der Waals surface area contributed by atoms with E-state index in [2.05, 4.69) is 4.74 Å². The third kappa shape index (κ3) is 2.76. The highest BCUT2D eigenvalue weighted by molar-refractivity contribution is 6.40. The topological polar surface area (TPSA) is 69.4 Å². The van der Waals surface area contributed by atoms with Crippen molar-refractivity contribution in [1.82, 2.24) is 0 Å². The Hall–Kier alpha value is -3.09. The summed E-state index contributed by atoms with van der Waals surface area (Å²) in [7, 11) is 0. The van der Waals surface area contributed by atoms with Gasteiger partial charge in [0.1, 0.15) is 5.75 Å². The van der Waals surface area contributed by atoms with Crippen LogP contribution in [0, 0.1) is 0 Å². The monoisotopic (exact) mass is 333 g/mol. The van der Waals surface area contributed by atoms with Gasteiger partial charge >= 0.3 is 6.36 Å². The molecular formula is C17H10F3NO3. The minimum absolute atomic E-state index is 0.0303. The number of alkyl halides is 3. The van der Waals surface area contributed by atoms with Crippen molar-refractivity contribution < 1.29 is 27.5 Å². The van der Waals surface area contributed by atoms with Crippen LogP contribution in [0.3, 0.4) is 0 Å². The smallest absolute Gasteiger partial charge is 0.406 e. The Morgan fingerprint density at radius 2 is 1.38 bits per heavy atom. The van der Waals surface area contributed by atoms with Gasteiger partial charge < -0.3 is 10.5 Å². The standard InChI is InChI=1S/C17H10F3NO3/c18-17(19,20)24-10-7-5-9(6-8-10)13-14(21)16(23)12-4-2-1-3-11(12)15(13)22/h1-8H,21H2. The maximum absolute atomic E-state index is 12.6. The number of allylic oxidation sites excluding steroid dienone is 2. The van der Waals surface area contributed by atoms with Gasteiger partial charge in [0.2, 0.25) is 5.78 Å². The quantitative estimate of drug-likeness (QED) is 0.915. The Morgan fingerprint density at radius 1 is 0.833 bits per heavy atom. The second-order valence-electron chi connectivity index (χ2n) is 5.06. The molecule has 0 aromatic heterocycles. The number of fused-ring (bicyclic) bond motifs is 1. The third-order valence-electron chi connectivity index (χ3n) is 3.53. The predicted molar refractivity (Wildman–Crippen MR) is 79.3 cm³/mol. The van der Waals surface area contributed by atoms with Crippen molar-refractivity contribution in [3.63, 3.8) is 0 Å². The van der Waals surface area contributed by atoms with Gasteiger partial charge in [-0.2, -0.15) is 0 Å². The van der Waals surface area contributed by atoms with E-state index in [9.17, 15) is 22.8 Å². The molecule has 7 heteroatoms. The third-order valence-corrected chi connectivity index (χ3v) is 3.53. The van der Waals surface area contributed by atoms with E-state index in [1.807, 2.05) is 0 Å². The van der Waals surface area contributed by atoms with E-state index in [1.54, 1.807) is 12.1 Å². The number of hydrogen-bond acceptors (Lipinski definition) is 4. The normalized spacial score (nSPS) is 14.6. The summed E-state index contributed by atoms with van der Waals surface area (Å²) in [6.07, 6.45) is -4.81. The Balaban J connectivity index is 2.02. The Kier molecular flexibility index (Phi) is 3.63. The molecule has 1 aliphatic carbocycles. The van der Waals surface area contributed by atoms with E-state index in [4.69, 9.17) is 5.73 Å². The molecule has 0 spiro atoms. The minimum atomic E-state index is -4.81. The molecule has 0 unspecified atom stereocenters. The van der Waals surface area contributed by atoms with Crippen molar-refractivity contribution in [2.45, 2.75) is 6.36 Å². The first-order valence-corrected chi connectivity index (χ1v) is 6.82. The highest BCUT2D eigenvalue weighted by Crippen LogP contribution is 2.32. The van der Waals surface area contributed by atoms with E-state index in [0.717, 1.165) is 12.1 Å². The lowest BCUT2D eigenvalue weighted by atomic mass is 9.84. The van der Waals surface area contributed by atoms with E-state index in [0.29, 0.717) is 0 Å². The fraction of sp³-hybridized carbons (Fsp3) is 0.0588. The average Bonchev–Trinajstić information content (AvgIpc) is 2.53. The first-order valence-electron chi connectivity index (χ1n) is 6.82. The van der Waals surface area contributed by atoms with Gasteiger partial charge in [-0.25, -0.2) is 0 Å². The van der Waals surface area contributed by atoms with Crippen molar-refractivity contribution in [1.29, 1.82) is 0 Å². The van der Waals surface area contributed by atoms with E-state index < -0.39 is 23.7 Å². The maximum Gasteiger partial charge on any atom is 0.573 e. The molecule has 4 nitrogen and oxygen atoms in total. The molecule has 0 heterocycles. The van der Waals surface area contributed by atoms with Crippen LogP contribution in [0.25, 0.3) is 5.57 Å². The number of rotatable bonds is 2. The number of hydrogen-bond donors (Lipinski definition) is 1. The molecule has 2 aromatic rings. The number of Topliss-reactive ketones (excluding diaryl/α,β-unsaturated/α-hetero) is 2. The second-order valence-corrected chi connectivity index (χ2v) is 5.06. The molecule has 3 rings (SSSR count). The molecule has 24 heavy (non-hydrogen) atoms. The van der Waals surface area contributed by atoms with Crippen LogP contribution in [0.1, 0.15) is 26.3 Å². The molecule has 0 fully saturated rings. The molecule has 2 aromatic carbocycles. The number of carbonyl (C=O) groups is 2. The molecule has 0 saturated heterocycles. The largest absolute Gasteiger partial charge is 0.573 e. The fourth-order valence-electron chi connectivity index (χ4n) is 2.50. The van der Waals surface area contributed by atoms with Gasteiger partial charge in [-0.15, -0.1) is 13.2 Å². The molecule has 0 radical (unpaired) electrons. The van der Waals surface area contributed by atoms with Gasteiger partial charge in [-0.05, 0) is 17.7 Å². The summed E-state index contributed by atoms with van der Waals surface area (Å²) >= 11 is 0. The van der Waals surface area contributed by atoms with Crippen molar-refractivity contribution in [3.8, 4) is 5.75 Å². The summed E-state index contributed by atoms with van der Waals surface area (Å²) in [4.78, 5) is 24.9. The van der Waals surface area contributed by atoms with Crippen molar-refractivity contribution in [2.24, 2.45) is 5.73 Å². The van der Waals surface area contributed by atoms with Crippen molar-refractivity contribution >= 4 is 17.1 Å². The first kappa shape index (κ1) is 15.8. The molecule has 1 aliphatic rings. The lowest BCUT2D eigenvalue weighted by Gasteiger charge is -2.19. The molecule has 2 N–H and O–H groups in total. The van der Waals surface area contributed by atoms with Crippen LogP contribution in [0.2, 0.25) is 0 Å². The lowest BCUT2D eigenvalue weighted by molar-refractivity contribution is -0.274. The van der Waals surface area contributed by atoms with Gasteiger partial charge in [0.15, 0.2) is 5.78 Å². The maximum atomic E-state index is 12.6. The highest BCUT2D eigenvalue weighted by atomic mass is 19.4. The number of benzene rings is 2. The number of ketones is 2. The SMILES string of the molecule is NC1=C(c2ccc(OC(F)(F)F)cc2)C(=O)c2ccccc2C1=O. The Morgan fingerprint density at radius 3 is 1.92 bits per heavy atom. The number of carbonyl (C=O) groups excluding carboxylic acids is 2. The van der Waals surface area contributed by atoms with Gasteiger partial charge in [-0.1, -0.05) is 36.4 Å². The number of nitrogens with two attached hydrogens (primary N) is 1. The van der Waals surface area contributed by atoms with Gasteiger partial charge in [0, 0.05) is 11.1 Å². The van der Waals surface area contributed by atoms with E-state index >= 15 is 0 Å². The van der Waals surface area contributed by atoms with Crippen LogP contribution in [-0.2, 0) is 0 Å². The average molecular weight is 333 g/mol. The van der Waals surface area contributed by atoms with Crippen LogP contribution < -0.4 is 10.5 Å². The Labute approximate surface area is 134 Å². The molecule has 0 atom stereocenters. The highest BCUT2D eigenvalue weighted by Gasteiger charge is 2.33. The van der Waals surface area contributed by atoms with E-state index in [1.165, 1.54) is 24.3 Å². The van der Waals surface area contributed by atoms with E-state index in [-0.39, 0.29) is 28.0 Å². The van der Waals surface area contributed by atoms with Crippen LogP contribution >= 0.6 is 0 Å². The predicted octanol–water partition coefficient (Wildman–Crippen LogP) is 3.33. The van der Waals surface area contributed by atoms with Crippen LogP contribution in [-0.4, -0.2) is 17.9 Å². The molecule has 122 valence electrons. The Bertz CT molecular complexity index is 867. The summed E-state index contributed by atoms with van der Waals surface area (Å²) in [6, 6.07) is 10.9. The minimum Gasteiger partial charge on any atom is -0.406 e. The van der Waals surface area contributed by atoms with Crippen LogP contribution in [0.5, 0.6) is 5.75 Å². The van der Waals surface area contributed by atoms with Crippen molar-refractivity contribution in [3.05, 3.63) is 70.9 Å². The van der Waals surface area contributed by atoms with Gasteiger partial charge in [0.25, 0.3) is 0 Å². The van der Waals surface area contributed by atoms with Crippen LogP contribution in [0.4, 0.5) is 13.2 Å². The molecule has 0 amide bonds. The zero-order chi connectivity index (χ0) is 17.5. The summed E-state index contributed by atoms with van der Waals surface area (Å²) in [5.41, 5.74) is 6.20.